The number of ether oxygens (including phenoxy) is 2. The molecule has 0 heterocycles. The van der Waals surface area contributed by atoms with Crippen molar-refractivity contribution < 1.29 is 14.3 Å². The number of halogens is 1. The minimum absolute atomic E-state index is 0.476. The Balaban J connectivity index is 3.41. The van der Waals surface area contributed by atoms with E-state index in [1.165, 1.54) is 7.11 Å². The summed E-state index contributed by atoms with van der Waals surface area (Å²) in [6.45, 7) is 5.84. The second-order valence-electron chi connectivity index (χ2n) is 3.97. The number of methoxy groups -OCH3 is 2. The summed E-state index contributed by atoms with van der Waals surface area (Å²) in [6, 6.07) is 1.99. The Morgan fingerprint density at radius 3 is 2.29 bits per heavy atom. The second kappa shape index (κ2) is 5.41. The van der Waals surface area contributed by atoms with Crippen LogP contribution < -0.4 is 4.74 Å². The van der Waals surface area contributed by atoms with Crippen LogP contribution >= 0.6 is 11.6 Å². The normalized spacial score (nSPS) is 12.1. The Morgan fingerprint density at radius 1 is 1.24 bits per heavy atom. The van der Waals surface area contributed by atoms with Crippen molar-refractivity contribution in [3.63, 3.8) is 0 Å². The molecule has 0 fully saturated rings. The molecule has 0 bridgehead atoms. The lowest BCUT2D eigenvalue weighted by atomic mass is 9.96. The van der Waals surface area contributed by atoms with Gasteiger partial charge in [0.05, 0.1) is 14.2 Å². The molecule has 1 aromatic rings. The van der Waals surface area contributed by atoms with Gasteiger partial charge in [0.15, 0.2) is 5.38 Å². The summed E-state index contributed by atoms with van der Waals surface area (Å²) in [5, 5.41) is -0.839. The Hall–Kier alpha value is -1.22. The average molecular weight is 257 g/mol. The van der Waals surface area contributed by atoms with Gasteiger partial charge in [0, 0.05) is 5.56 Å². The zero-order valence-electron chi connectivity index (χ0n) is 10.8. The van der Waals surface area contributed by atoms with E-state index in [0.717, 1.165) is 16.7 Å². The van der Waals surface area contributed by atoms with E-state index in [9.17, 15) is 4.79 Å². The number of rotatable bonds is 3. The molecule has 3 nitrogen and oxygen atoms in total. The van der Waals surface area contributed by atoms with Crippen molar-refractivity contribution in [2.45, 2.75) is 26.1 Å². The number of aryl methyl sites for hydroxylation is 2. The van der Waals surface area contributed by atoms with E-state index in [-0.39, 0.29) is 0 Å². The number of alkyl halides is 1. The molecular weight excluding hydrogens is 240 g/mol. The molecule has 1 rings (SSSR count). The lowest BCUT2D eigenvalue weighted by Gasteiger charge is -2.18. The number of hydrogen-bond acceptors (Lipinski definition) is 3. The fourth-order valence-electron chi connectivity index (χ4n) is 1.87. The topological polar surface area (TPSA) is 35.5 Å². The zero-order chi connectivity index (χ0) is 13.2. The summed E-state index contributed by atoms with van der Waals surface area (Å²) in [4.78, 5) is 11.5. The van der Waals surface area contributed by atoms with E-state index in [2.05, 4.69) is 4.74 Å². The van der Waals surface area contributed by atoms with Gasteiger partial charge in [-0.25, -0.2) is 0 Å². The van der Waals surface area contributed by atoms with Crippen molar-refractivity contribution in [1.82, 2.24) is 0 Å². The fourth-order valence-corrected chi connectivity index (χ4v) is 2.23. The number of carbonyl (C=O) groups is 1. The van der Waals surface area contributed by atoms with Crippen LogP contribution in [0.3, 0.4) is 0 Å². The van der Waals surface area contributed by atoms with Gasteiger partial charge in [-0.3, -0.25) is 4.79 Å². The first-order chi connectivity index (χ1) is 7.93. The molecule has 0 aliphatic rings. The molecule has 0 aliphatic carbocycles. The van der Waals surface area contributed by atoms with Crippen molar-refractivity contribution in [3.8, 4) is 5.75 Å². The first-order valence-electron chi connectivity index (χ1n) is 5.30. The summed E-state index contributed by atoms with van der Waals surface area (Å²) in [6.07, 6.45) is 0. The number of esters is 1. The highest BCUT2D eigenvalue weighted by atomic mass is 35.5. The van der Waals surface area contributed by atoms with Crippen LogP contribution in [-0.4, -0.2) is 20.2 Å². The van der Waals surface area contributed by atoms with E-state index in [1.807, 2.05) is 26.8 Å². The Bertz CT molecular complexity index is 441. The minimum Gasteiger partial charge on any atom is -0.496 e. The van der Waals surface area contributed by atoms with Gasteiger partial charge in [-0.1, -0.05) is 6.07 Å². The van der Waals surface area contributed by atoms with E-state index in [0.29, 0.717) is 11.3 Å². The predicted octanol–water partition coefficient (Wildman–Crippen LogP) is 3.07. The van der Waals surface area contributed by atoms with E-state index in [4.69, 9.17) is 16.3 Å². The van der Waals surface area contributed by atoms with Gasteiger partial charge in [0.25, 0.3) is 0 Å². The molecule has 0 aromatic heterocycles. The van der Waals surface area contributed by atoms with Gasteiger partial charge in [-0.05, 0) is 37.5 Å². The summed E-state index contributed by atoms with van der Waals surface area (Å²) < 4.78 is 10.0. The highest BCUT2D eigenvalue weighted by Gasteiger charge is 2.25. The van der Waals surface area contributed by atoms with Crippen molar-refractivity contribution in [2.75, 3.05) is 14.2 Å². The van der Waals surface area contributed by atoms with Crippen molar-refractivity contribution >= 4 is 17.6 Å². The summed E-state index contributed by atoms with van der Waals surface area (Å²) >= 11 is 6.12. The molecular formula is C13H17ClO3. The van der Waals surface area contributed by atoms with E-state index >= 15 is 0 Å². The highest BCUT2D eigenvalue weighted by Crippen LogP contribution is 2.37. The highest BCUT2D eigenvalue weighted by molar-refractivity contribution is 6.30. The minimum atomic E-state index is -0.839. The maximum atomic E-state index is 11.5. The van der Waals surface area contributed by atoms with Crippen molar-refractivity contribution in [2.24, 2.45) is 0 Å². The van der Waals surface area contributed by atoms with Gasteiger partial charge in [-0.15, -0.1) is 11.6 Å². The van der Waals surface area contributed by atoms with Crippen molar-refractivity contribution in [1.29, 1.82) is 0 Å². The Kier molecular flexibility index (Phi) is 4.40. The average Bonchev–Trinajstić information content (AvgIpc) is 2.31. The summed E-state index contributed by atoms with van der Waals surface area (Å²) in [7, 11) is 2.90. The SMILES string of the molecule is COC(=O)C(Cl)c1c(C)cc(C)c(C)c1OC. The summed E-state index contributed by atoms with van der Waals surface area (Å²) in [5.74, 6) is 0.184. The molecule has 1 unspecified atom stereocenters. The van der Waals surface area contributed by atoms with Crippen LogP contribution in [0.25, 0.3) is 0 Å². The van der Waals surface area contributed by atoms with E-state index in [1.54, 1.807) is 7.11 Å². The lowest BCUT2D eigenvalue weighted by molar-refractivity contribution is -0.140. The molecule has 17 heavy (non-hydrogen) atoms. The molecule has 0 N–H and O–H groups in total. The van der Waals surface area contributed by atoms with E-state index < -0.39 is 11.3 Å². The molecule has 0 spiro atoms. The predicted molar refractivity (Wildman–Crippen MR) is 67.8 cm³/mol. The molecule has 0 radical (unpaired) electrons. The third-order valence-corrected chi connectivity index (χ3v) is 3.30. The third-order valence-electron chi connectivity index (χ3n) is 2.90. The molecule has 0 amide bonds. The van der Waals surface area contributed by atoms with Gasteiger partial charge in [0.2, 0.25) is 0 Å². The Labute approximate surface area is 107 Å². The van der Waals surface area contributed by atoms with Crippen LogP contribution in [0.15, 0.2) is 6.07 Å². The maximum absolute atomic E-state index is 11.5. The monoisotopic (exact) mass is 256 g/mol. The molecule has 94 valence electrons. The first kappa shape index (κ1) is 13.8. The van der Waals surface area contributed by atoms with Gasteiger partial charge < -0.3 is 9.47 Å². The van der Waals surface area contributed by atoms with Crippen molar-refractivity contribution in [3.05, 3.63) is 28.3 Å². The summed E-state index contributed by atoms with van der Waals surface area (Å²) in [5.41, 5.74) is 3.71. The van der Waals surface area contributed by atoms with Gasteiger partial charge in [0.1, 0.15) is 5.75 Å². The molecule has 1 aromatic carbocycles. The standard InChI is InChI=1S/C13H17ClO3/c1-7-6-8(2)10(11(14)13(15)17-5)12(16-4)9(7)3/h6,11H,1-5H3. The van der Waals surface area contributed by atoms with Crippen LogP contribution in [0.1, 0.15) is 27.6 Å². The third kappa shape index (κ3) is 2.55. The van der Waals surface area contributed by atoms with Crippen LogP contribution in [0.5, 0.6) is 5.75 Å². The maximum Gasteiger partial charge on any atom is 0.328 e. The lowest BCUT2D eigenvalue weighted by Crippen LogP contribution is -2.12. The molecule has 0 saturated heterocycles. The first-order valence-corrected chi connectivity index (χ1v) is 5.74. The van der Waals surface area contributed by atoms with Crippen LogP contribution in [0.4, 0.5) is 0 Å². The number of carbonyl (C=O) groups excluding carboxylic acids is 1. The fraction of sp³-hybridized carbons (Fsp3) is 0.462. The second-order valence-corrected chi connectivity index (χ2v) is 4.40. The smallest absolute Gasteiger partial charge is 0.328 e. The number of benzene rings is 1. The quantitative estimate of drug-likeness (QED) is 0.616. The molecule has 0 saturated carbocycles. The molecule has 0 aliphatic heterocycles. The van der Waals surface area contributed by atoms with Crippen LogP contribution in [-0.2, 0) is 9.53 Å². The zero-order valence-corrected chi connectivity index (χ0v) is 11.5. The largest absolute Gasteiger partial charge is 0.496 e. The molecule has 4 heteroatoms. The Morgan fingerprint density at radius 2 is 1.82 bits per heavy atom. The number of hydrogen-bond donors (Lipinski definition) is 0. The van der Waals surface area contributed by atoms with Crippen LogP contribution in [0.2, 0.25) is 0 Å². The molecule has 1 atom stereocenters. The van der Waals surface area contributed by atoms with Gasteiger partial charge in [-0.2, -0.15) is 0 Å². The van der Waals surface area contributed by atoms with Gasteiger partial charge >= 0.3 is 5.97 Å². The van der Waals surface area contributed by atoms with Crippen LogP contribution in [0, 0.1) is 20.8 Å².